The van der Waals surface area contributed by atoms with Crippen molar-refractivity contribution >= 4 is 17.6 Å². The average Bonchev–Trinajstić information content (AvgIpc) is 2.95. The van der Waals surface area contributed by atoms with Crippen LogP contribution < -0.4 is 9.47 Å². The highest BCUT2D eigenvalue weighted by atomic mass is 19.1. The van der Waals surface area contributed by atoms with Crippen molar-refractivity contribution in [3.63, 3.8) is 0 Å². The number of fused-ring (bicyclic) bond motifs is 1. The van der Waals surface area contributed by atoms with Gasteiger partial charge in [-0.3, -0.25) is 10.2 Å². The molecule has 0 atom stereocenters. The third-order valence-electron chi connectivity index (χ3n) is 6.29. The fourth-order valence-corrected chi connectivity index (χ4v) is 4.28. The van der Waals surface area contributed by atoms with Gasteiger partial charge in [-0.1, -0.05) is 28.2 Å². The Bertz CT molecular complexity index is 1200. The first-order chi connectivity index (χ1) is 16.2. The van der Waals surface area contributed by atoms with Gasteiger partial charge in [-0.15, -0.1) is 0 Å². The number of carbonyl (C=O) groups is 2. The van der Waals surface area contributed by atoms with Gasteiger partial charge in [0.15, 0.2) is 23.1 Å². The second-order valence-electron chi connectivity index (χ2n) is 10.1. The van der Waals surface area contributed by atoms with Crippen molar-refractivity contribution in [1.29, 1.82) is 5.41 Å². The molecule has 36 heavy (non-hydrogen) atoms. The summed E-state index contributed by atoms with van der Waals surface area (Å²) in [7, 11) is 0. The van der Waals surface area contributed by atoms with Crippen LogP contribution in [0.3, 0.4) is 0 Å². The Morgan fingerprint density at radius 3 is 2.17 bits per heavy atom. The summed E-state index contributed by atoms with van der Waals surface area (Å²) in [4.78, 5) is 26.6. The maximum atomic E-state index is 15.6. The summed E-state index contributed by atoms with van der Waals surface area (Å²) in [6.45, 7) is 13.3. The molecule has 2 aromatic carbocycles. The number of aromatic carboxylic acids is 1. The zero-order valence-electron chi connectivity index (χ0n) is 21.3. The van der Waals surface area contributed by atoms with E-state index in [0.717, 1.165) is 0 Å². The number of carboxylic acids is 1. The number of nitrogens with zero attached hydrogens (tertiary/aromatic N) is 1. The molecule has 2 aromatic rings. The van der Waals surface area contributed by atoms with Crippen LogP contribution in [0.4, 0.5) is 4.39 Å². The van der Waals surface area contributed by atoms with Crippen LogP contribution in [0, 0.1) is 11.2 Å². The van der Waals surface area contributed by atoms with Crippen LogP contribution in [0.25, 0.3) is 0 Å². The Morgan fingerprint density at radius 1 is 1.06 bits per heavy atom. The summed E-state index contributed by atoms with van der Waals surface area (Å²) in [5, 5.41) is 18.3. The van der Waals surface area contributed by atoms with E-state index in [-0.39, 0.29) is 65.8 Å². The van der Waals surface area contributed by atoms with Crippen molar-refractivity contribution in [2.24, 2.45) is 0 Å². The summed E-state index contributed by atoms with van der Waals surface area (Å²) < 4.78 is 26.7. The number of nitrogens with one attached hydrogen (secondary N) is 1. The van der Waals surface area contributed by atoms with E-state index in [9.17, 15) is 14.7 Å². The lowest BCUT2D eigenvalue weighted by molar-refractivity contribution is 0.0696. The molecule has 0 aliphatic carbocycles. The highest BCUT2D eigenvalue weighted by molar-refractivity contribution is 6.07. The van der Waals surface area contributed by atoms with E-state index in [1.165, 1.54) is 11.0 Å². The molecular formula is C28H37FN2O5. The van der Waals surface area contributed by atoms with Crippen molar-refractivity contribution in [1.82, 2.24) is 4.90 Å². The number of halogens is 1. The number of Topliss-reactive ketones (excluding diaryl/α,β-unsaturated/α-hetero) is 1. The third kappa shape index (κ3) is 5.08. The molecule has 1 aliphatic rings. The summed E-state index contributed by atoms with van der Waals surface area (Å²) in [6, 6.07) is 6.28. The number of ether oxygens (including phenoxy) is 2. The number of hydrogen-bond acceptors (Lipinski definition) is 5. The van der Waals surface area contributed by atoms with Gasteiger partial charge in [-0.2, -0.15) is 0 Å². The Balaban J connectivity index is 0.00000456. The Labute approximate surface area is 212 Å². The second kappa shape index (κ2) is 10.3. The van der Waals surface area contributed by atoms with Gasteiger partial charge < -0.3 is 19.5 Å². The van der Waals surface area contributed by atoms with Crippen molar-refractivity contribution in [3.05, 3.63) is 57.9 Å². The standard InChI is InChI=1S/C27H33FN2O5.CH4/c1-8-34-20-13-18-21(22(28)23(20)35-9-2)24(29)30(27(18,6)7)14-19(31)15-10-16(25(32)33)12-17(11-15)26(3,4)5;/h10-13,29H,8-9,14H2,1-7H3,(H,32,33);1H4. The molecule has 2 N–H and O–H groups in total. The molecule has 0 saturated carbocycles. The quantitative estimate of drug-likeness (QED) is 0.430. The topological polar surface area (TPSA) is 99.9 Å². The zero-order valence-corrected chi connectivity index (χ0v) is 21.3. The molecule has 0 amide bonds. The second-order valence-corrected chi connectivity index (χ2v) is 10.1. The third-order valence-corrected chi connectivity index (χ3v) is 6.29. The molecule has 0 aromatic heterocycles. The highest BCUT2D eigenvalue weighted by Gasteiger charge is 2.45. The maximum absolute atomic E-state index is 15.6. The van der Waals surface area contributed by atoms with Crippen molar-refractivity contribution in [3.8, 4) is 11.5 Å². The molecule has 0 bridgehead atoms. The normalized spacial score (nSPS) is 14.2. The van der Waals surface area contributed by atoms with E-state index < -0.39 is 17.3 Å². The Kier molecular flexibility index (Phi) is 8.23. The predicted molar refractivity (Wildman–Crippen MR) is 138 cm³/mol. The molecule has 196 valence electrons. The molecule has 8 heteroatoms. The first kappa shape index (κ1) is 28.8. The van der Waals surface area contributed by atoms with Crippen LogP contribution in [0.15, 0.2) is 24.3 Å². The molecule has 0 fully saturated rings. The average molecular weight is 501 g/mol. The van der Waals surface area contributed by atoms with E-state index in [1.807, 2.05) is 34.6 Å². The zero-order chi connectivity index (χ0) is 26.3. The summed E-state index contributed by atoms with van der Waals surface area (Å²) in [6.07, 6.45) is 0. The molecule has 0 spiro atoms. The molecular weight excluding hydrogens is 463 g/mol. The number of benzene rings is 2. The van der Waals surface area contributed by atoms with Crippen LogP contribution in [0.2, 0.25) is 0 Å². The number of hydrogen-bond donors (Lipinski definition) is 2. The molecule has 0 radical (unpaired) electrons. The van der Waals surface area contributed by atoms with Gasteiger partial charge in [0.1, 0.15) is 5.84 Å². The van der Waals surface area contributed by atoms with E-state index in [2.05, 4.69) is 0 Å². The fraction of sp³-hybridized carbons (Fsp3) is 0.464. The number of rotatable bonds is 8. The van der Waals surface area contributed by atoms with E-state index in [4.69, 9.17) is 14.9 Å². The number of carbonyl (C=O) groups excluding carboxylic acids is 1. The highest BCUT2D eigenvalue weighted by Crippen LogP contribution is 2.46. The number of ketones is 1. The maximum Gasteiger partial charge on any atom is 0.335 e. The smallest absolute Gasteiger partial charge is 0.335 e. The van der Waals surface area contributed by atoms with E-state index in [0.29, 0.717) is 17.7 Å². The largest absolute Gasteiger partial charge is 0.490 e. The van der Waals surface area contributed by atoms with Gasteiger partial charge in [-0.25, -0.2) is 9.18 Å². The van der Waals surface area contributed by atoms with Gasteiger partial charge in [0.05, 0.1) is 36.4 Å². The number of carboxylic acid groups (broad SMARTS) is 1. The minimum atomic E-state index is -1.12. The van der Waals surface area contributed by atoms with Gasteiger partial charge in [0.25, 0.3) is 0 Å². The molecule has 1 heterocycles. The van der Waals surface area contributed by atoms with Crippen molar-refractivity contribution in [2.45, 2.75) is 66.8 Å². The Hall–Kier alpha value is -3.42. The first-order valence-corrected chi connectivity index (χ1v) is 11.6. The monoisotopic (exact) mass is 500 g/mol. The van der Waals surface area contributed by atoms with Gasteiger partial charge in [0, 0.05) is 5.56 Å². The van der Waals surface area contributed by atoms with E-state index >= 15 is 4.39 Å². The summed E-state index contributed by atoms with van der Waals surface area (Å²) in [5.74, 6) is -2.11. The molecule has 7 nitrogen and oxygen atoms in total. The van der Waals surface area contributed by atoms with Crippen LogP contribution >= 0.6 is 0 Å². The molecule has 3 rings (SSSR count). The Morgan fingerprint density at radius 2 is 1.64 bits per heavy atom. The van der Waals surface area contributed by atoms with Crippen LogP contribution in [0.1, 0.15) is 93.3 Å². The minimum Gasteiger partial charge on any atom is -0.490 e. The van der Waals surface area contributed by atoms with Crippen molar-refractivity contribution in [2.75, 3.05) is 19.8 Å². The summed E-state index contributed by atoms with van der Waals surface area (Å²) >= 11 is 0. The van der Waals surface area contributed by atoms with Crippen LogP contribution in [0.5, 0.6) is 11.5 Å². The molecule has 1 aliphatic heterocycles. The SMILES string of the molecule is C.CCOc1cc2c(c(F)c1OCC)C(=N)N(CC(=O)c1cc(C(=O)O)cc(C(C)(C)C)c1)C2(C)C. The summed E-state index contributed by atoms with van der Waals surface area (Å²) in [5.41, 5.74) is 0.308. The van der Waals surface area contributed by atoms with E-state index in [1.54, 1.807) is 32.0 Å². The van der Waals surface area contributed by atoms with Gasteiger partial charge in [-0.05, 0) is 68.5 Å². The van der Waals surface area contributed by atoms with Crippen LogP contribution in [-0.4, -0.2) is 47.4 Å². The lowest BCUT2D eigenvalue weighted by atomic mass is 9.84. The molecule has 0 saturated heterocycles. The van der Waals surface area contributed by atoms with Gasteiger partial charge in [0.2, 0.25) is 0 Å². The molecule has 0 unspecified atom stereocenters. The minimum absolute atomic E-state index is 0. The first-order valence-electron chi connectivity index (χ1n) is 11.6. The van der Waals surface area contributed by atoms with Crippen molar-refractivity contribution < 1.29 is 28.6 Å². The fourth-order valence-electron chi connectivity index (χ4n) is 4.28. The lowest BCUT2D eigenvalue weighted by Gasteiger charge is -2.33. The van der Waals surface area contributed by atoms with Crippen LogP contribution in [-0.2, 0) is 11.0 Å². The lowest BCUT2D eigenvalue weighted by Crippen LogP contribution is -2.42. The van der Waals surface area contributed by atoms with Gasteiger partial charge >= 0.3 is 5.97 Å². The number of amidine groups is 1. The predicted octanol–water partition coefficient (Wildman–Crippen LogP) is 6.01.